The van der Waals surface area contributed by atoms with E-state index in [-0.39, 0.29) is 18.2 Å². The standard InChI is InChI=1S/C12H13ClN2O2S/c1-2-15-11(16)6-10(12(15)17)18-9-5-7(13)3-4-8(9)14/h3-5,10H,2,6,14H2,1H3. The number of imide groups is 1. The van der Waals surface area contributed by atoms with E-state index in [0.29, 0.717) is 17.3 Å². The van der Waals surface area contributed by atoms with Gasteiger partial charge in [-0.25, -0.2) is 0 Å². The Labute approximate surface area is 114 Å². The van der Waals surface area contributed by atoms with Crippen molar-refractivity contribution in [2.45, 2.75) is 23.5 Å². The van der Waals surface area contributed by atoms with Crippen molar-refractivity contribution < 1.29 is 9.59 Å². The molecule has 0 bridgehead atoms. The highest BCUT2D eigenvalue weighted by molar-refractivity contribution is 8.00. The molecule has 0 saturated carbocycles. The van der Waals surface area contributed by atoms with E-state index in [9.17, 15) is 9.59 Å². The van der Waals surface area contributed by atoms with Crippen LogP contribution in [0.4, 0.5) is 5.69 Å². The number of thioether (sulfide) groups is 1. The molecular weight excluding hydrogens is 272 g/mol. The van der Waals surface area contributed by atoms with E-state index < -0.39 is 5.25 Å². The molecule has 18 heavy (non-hydrogen) atoms. The highest BCUT2D eigenvalue weighted by atomic mass is 35.5. The zero-order valence-electron chi connectivity index (χ0n) is 9.85. The lowest BCUT2D eigenvalue weighted by molar-refractivity contribution is -0.137. The van der Waals surface area contributed by atoms with Gasteiger partial charge in [0.05, 0.1) is 5.25 Å². The number of hydrogen-bond donors (Lipinski definition) is 1. The molecule has 1 atom stereocenters. The van der Waals surface area contributed by atoms with Gasteiger partial charge in [0.25, 0.3) is 0 Å². The molecule has 1 saturated heterocycles. The van der Waals surface area contributed by atoms with Crippen molar-refractivity contribution in [1.82, 2.24) is 4.90 Å². The molecular formula is C12H13ClN2O2S. The molecule has 6 heteroatoms. The topological polar surface area (TPSA) is 63.4 Å². The molecule has 2 N–H and O–H groups in total. The second-order valence-corrected chi connectivity index (χ2v) is 5.65. The first-order valence-corrected chi connectivity index (χ1v) is 6.84. The summed E-state index contributed by atoms with van der Waals surface area (Å²) in [6.07, 6.45) is 0.225. The van der Waals surface area contributed by atoms with E-state index in [1.165, 1.54) is 16.7 Å². The third-order valence-corrected chi connectivity index (χ3v) is 4.26. The Hall–Kier alpha value is -1.20. The lowest BCUT2D eigenvalue weighted by atomic mass is 10.3. The van der Waals surface area contributed by atoms with Crippen LogP contribution in [0.3, 0.4) is 0 Å². The fourth-order valence-corrected chi connectivity index (χ4v) is 3.24. The minimum Gasteiger partial charge on any atom is -0.398 e. The quantitative estimate of drug-likeness (QED) is 0.682. The summed E-state index contributed by atoms with van der Waals surface area (Å²) in [7, 11) is 0. The lowest BCUT2D eigenvalue weighted by Gasteiger charge is -2.12. The molecule has 2 rings (SSSR count). The largest absolute Gasteiger partial charge is 0.398 e. The number of benzene rings is 1. The molecule has 1 unspecified atom stereocenters. The van der Waals surface area contributed by atoms with Crippen LogP contribution >= 0.6 is 23.4 Å². The summed E-state index contributed by atoms with van der Waals surface area (Å²) in [4.78, 5) is 25.6. The predicted molar refractivity (Wildman–Crippen MR) is 72.5 cm³/mol. The van der Waals surface area contributed by atoms with Gasteiger partial charge in [-0.15, -0.1) is 11.8 Å². The van der Waals surface area contributed by atoms with Crippen LogP contribution in [-0.4, -0.2) is 28.5 Å². The van der Waals surface area contributed by atoms with Crippen molar-refractivity contribution >= 4 is 40.9 Å². The van der Waals surface area contributed by atoms with E-state index in [4.69, 9.17) is 17.3 Å². The van der Waals surface area contributed by atoms with E-state index in [1.807, 2.05) is 0 Å². The van der Waals surface area contributed by atoms with Crippen LogP contribution in [0.25, 0.3) is 0 Å². The van der Waals surface area contributed by atoms with Crippen LogP contribution in [0.5, 0.6) is 0 Å². The summed E-state index contributed by atoms with van der Waals surface area (Å²) in [6, 6.07) is 5.11. The van der Waals surface area contributed by atoms with Gasteiger partial charge in [0, 0.05) is 28.6 Å². The molecule has 1 aromatic carbocycles. The second-order valence-electron chi connectivity index (χ2n) is 3.97. The number of nitrogens with two attached hydrogens (primary N) is 1. The van der Waals surface area contributed by atoms with Crippen LogP contribution in [0.1, 0.15) is 13.3 Å². The van der Waals surface area contributed by atoms with E-state index >= 15 is 0 Å². The molecule has 0 aromatic heterocycles. The molecule has 1 aliphatic heterocycles. The van der Waals surface area contributed by atoms with Gasteiger partial charge in [-0.05, 0) is 25.1 Å². The van der Waals surface area contributed by atoms with E-state index in [0.717, 1.165) is 4.90 Å². The Kier molecular flexibility index (Phi) is 3.82. The average molecular weight is 285 g/mol. The number of rotatable bonds is 3. The Bertz CT molecular complexity index is 507. The molecule has 0 radical (unpaired) electrons. The zero-order chi connectivity index (χ0) is 13.3. The van der Waals surface area contributed by atoms with Gasteiger partial charge in [-0.3, -0.25) is 14.5 Å². The molecule has 0 aliphatic carbocycles. The summed E-state index contributed by atoms with van der Waals surface area (Å²) >= 11 is 7.19. The van der Waals surface area contributed by atoms with Crippen LogP contribution in [0, 0.1) is 0 Å². The number of carbonyl (C=O) groups is 2. The normalized spacial score (nSPS) is 19.7. The van der Waals surface area contributed by atoms with Crippen molar-refractivity contribution in [2.75, 3.05) is 12.3 Å². The van der Waals surface area contributed by atoms with Crippen LogP contribution < -0.4 is 5.73 Å². The number of hydrogen-bond acceptors (Lipinski definition) is 4. The minimum absolute atomic E-state index is 0.124. The molecule has 1 heterocycles. The fraction of sp³-hybridized carbons (Fsp3) is 0.333. The fourth-order valence-electron chi connectivity index (χ4n) is 1.84. The SMILES string of the molecule is CCN1C(=O)CC(Sc2cc(Cl)ccc2N)C1=O. The smallest absolute Gasteiger partial charge is 0.243 e. The summed E-state index contributed by atoms with van der Waals surface area (Å²) in [6.45, 7) is 2.20. The van der Waals surface area contributed by atoms with E-state index in [1.54, 1.807) is 25.1 Å². The minimum atomic E-state index is -0.391. The monoisotopic (exact) mass is 284 g/mol. The molecule has 1 aliphatic rings. The number of carbonyl (C=O) groups excluding carboxylic acids is 2. The van der Waals surface area contributed by atoms with Gasteiger partial charge in [-0.2, -0.15) is 0 Å². The first-order valence-electron chi connectivity index (χ1n) is 5.58. The van der Waals surface area contributed by atoms with Gasteiger partial charge >= 0.3 is 0 Å². The summed E-state index contributed by atoms with van der Waals surface area (Å²) < 4.78 is 0. The lowest BCUT2D eigenvalue weighted by Crippen LogP contribution is -2.30. The maximum Gasteiger partial charge on any atom is 0.243 e. The van der Waals surface area contributed by atoms with Crippen LogP contribution in [-0.2, 0) is 9.59 Å². The van der Waals surface area contributed by atoms with Crippen molar-refractivity contribution in [1.29, 1.82) is 0 Å². The molecule has 96 valence electrons. The van der Waals surface area contributed by atoms with Crippen LogP contribution in [0.15, 0.2) is 23.1 Å². The van der Waals surface area contributed by atoms with Crippen molar-refractivity contribution in [3.8, 4) is 0 Å². The number of nitrogen functional groups attached to an aromatic ring is 1. The first-order chi connectivity index (χ1) is 8.52. The zero-order valence-corrected chi connectivity index (χ0v) is 11.4. The summed E-state index contributed by atoms with van der Waals surface area (Å²) in [5, 5.41) is 0.175. The third kappa shape index (κ3) is 2.47. The Morgan fingerprint density at radius 2 is 2.22 bits per heavy atom. The van der Waals surface area contributed by atoms with Gasteiger partial charge < -0.3 is 5.73 Å². The average Bonchev–Trinajstić information content (AvgIpc) is 2.59. The van der Waals surface area contributed by atoms with Crippen LogP contribution in [0.2, 0.25) is 5.02 Å². The summed E-state index contributed by atoms with van der Waals surface area (Å²) in [5.74, 6) is -0.271. The molecule has 2 amide bonds. The van der Waals surface area contributed by atoms with Gasteiger partial charge in [0.15, 0.2) is 0 Å². The second kappa shape index (κ2) is 5.20. The maximum absolute atomic E-state index is 12.0. The number of nitrogens with zero attached hydrogens (tertiary/aromatic N) is 1. The first kappa shape index (κ1) is 13.2. The summed E-state index contributed by atoms with van der Waals surface area (Å²) in [5.41, 5.74) is 6.39. The third-order valence-electron chi connectivity index (χ3n) is 2.76. The number of halogens is 1. The molecule has 0 spiro atoms. The number of anilines is 1. The Balaban J connectivity index is 2.18. The Morgan fingerprint density at radius 1 is 1.50 bits per heavy atom. The molecule has 1 fully saturated rings. The highest BCUT2D eigenvalue weighted by Crippen LogP contribution is 2.35. The number of amides is 2. The van der Waals surface area contributed by atoms with E-state index in [2.05, 4.69) is 0 Å². The van der Waals surface area contributed by atoms with Crippen molar-refractivity contribution in [3.63, 3.8) is 0 Å². The van der Waals surface area contributed by atoms with Crippen molar-refractivity contribution in [3.05, 3.63) is 23.2 Å². The molecule has 4 nitrogen and oxygen atoms in total. The van der Waals surface area contributed by atoms with Crippen molar-refractivity contribution in [2.24, 2.45) is 0 Å². The molecule has 1 aromatic rings. The van der Waals surface area contributed by atoms with Gasteiger partial charge in [0.1, 0.15) is 0 Å². The predicted octanol–water partition coefficient (Wildman–Crippen LogP) is 2.16. The highest BCUT2D eigenvalue weighted by Gasteiger charge is 2.38. The van der Waals surface area contributed by atoms with Gasteiger partial charge in [-0.1, -0.05) is 11.6 Å². The maximum atomic E-state index is 12.0. The number of likely N-dealkylation sites (tertiary alicyclic amines) is 1. The Morgan fingerprint density at radius 3 is 2.83 bits per heavy atom. The van der Waals surface area contributed by atoms with Gasteiger partial charge in [0.2, 0.25) is 11.8 Å².